The summed E-state index contributed by atoms with van der Waals surface area (Å²) in [5.41, 5.74) is 10.7. The zero-order valence-corrected chi connectivity index (χ0v) is 14.7. The molecule has 0 saturated heterocycles. The van der Waals surface area contributed by atoms with Gasteiger partial charge in [0, 0.05) is 16.8 Å². The van der Waals surface area contributed by atoms with Gasteiger partial charge in [-0.05, 0) is 74.0 Å². The van der Waals surface area contributed by atoms with Crippen LogP contribution in [0.5, 0.6) is 5.75 Å². The predicted octanol–water partition coefficient (Wildman–Crippen LogP) is 4.50. The van der Waals surface area contributed by atoms with E-state index >= 15 is 0 Å². The third-order valence-electron chi connectivity index (χ3n) is 3.95. The molecule has 3 nitrogen and oxygen atoms in total. The van der Waals surface area contributed by atoms with Crippen LogP contribution in [0, 0.1) is 25.7 Å². The number of esters is 1. The van der Waals surface area contributed by atoms with Crippen molar-refractivity contribution in [3.63, 3.8) is 0 Å². The summed E-state index contributed by atoms with van der Waals surface area (Å²) in [4.78, 5) is 12.3. The fourth-order valence-electron chi connectivity index (χ4n) is 2.41. The van der Waals surface area contributed by atoms with Gasteiger partial charge in [0.15, 0.2) is 0 Å². The zero-order chi connectivity index (χ0) is 18.5. The molecule has 2 N–H and O–H groups in total. The Labute approximate surface area is 153 Å². The maximum absolute atomic E-state index is 12.3. The van der Waals surface area contributed by atoms with Crippen molar-refractivity contribution in [2.45, 2.75) is 13.8 Å². The van der Waals surface area contributed by atoms with Crippen molar-refractivity contribution >= 4 is 11.7 Å². The summed E-state index contributed by atoms with van der Waals surface area (Å²) in [6, 6.07) is 20.1. The third kappa shape index (κ3) is 4.31. The smallest absolute Gasteiger partial charge is 0.343 e. The van der Waals surface area contributed by atoms with Crippen molar-refractivity contribution < 1.29 is 9.53 Å². The van der Waals surface area contributed by atoms with Gasteiger partial charge < -0.3 is 10.5 Å². The van der Waals surface area contributed by atoms with Gasteiger partial charge in [-0.2, -0.15) is 0 Å². The highest BCUT2D eigenvalue weighted by Gasteiger charge is 2.10. The molecule has 0 saturated carbocycles. The number of carbonyl (C=O) groups excluding carboxylic acids is 1. The van der Waals surface area contributed by atoms with E-state index in [-0.39, 0.29) is 0 Å². The van der Waals surface area contributed by atoms with Crippen molar-refractivity contribution in [2.24, 2.45) is 0 Å². The van der Waals surface area contributed by atoms with Gasteiger partial charge in [0.05, 0.1) is 5.56 Å². The Balaban J connectivity index is 1.75. The van der Waals surface area contributed by atoms with Gasteiger partial charge in [0.1, 0.15) is 5.75 Å². The van der Waals surface area contributed by atoms with Crippen LogP contribution >= 0.6 is 0 Å². The molecule has 26 heavy (non-hydrogen) atoms. The minimum absolute atomic E-state index is 0.407. The molecule has 0 spiro atoms. The van der Waals surface area contributed by atoms with E-state index in [1.54, 1.807) is 36.4 Å². The maximum atomic E-state index is 12.3. The molecular formula is C23H19NO2. The number of ether oxygens (including phenoxy) is 1. The van der Waals surface area contributed by atoms with Gasteiger partial charge in [-0.15, -0.1) is 0 Å². The van der Waals surface area contributed by atoms with Gasteiger partial charge in [-0.3, -0.25) is 0 Å². The molecule has 0 aliphatic carbocycles. The fraction of sp³-hybridized carbons (Fsp3) is 0.0870. The molecule has 0 aromatic heterocycles. The van der Waals surface area contributed by atoms with Gasteiger partial charge in [0.25, 0.3) is 0 Å². The average molecular weight is 341 g/mol. The highest BCUT2D eigenvalue weighted by molar-refractivity contribution is 5.91. The van der Waals surface area contributed by atoms with Crippen LogP contribution in [-0.4, -0.2) is 5.97 Å². The van der Waals surface area contributed by atoms with E-state index in [1.807, 2.05) is 44.2 Å². The molecule has 0 amide bonds. The number of carbonyl (C=O) groups is 1. The molecule has 0 bridgehead atoms. The highest BCUT2D eigenvalue weighted by atomic mass is 16.5. The largest absolute Gasteiger partial charge is 0.423 e. The standard InChI is InChI=1S/C23H19NO2/c1-16-3-5-18(6-4-16)7-8-19-9-10-20(15-17(19)2)23(25)26-22-13-11-21(24)12-14-22/h3-6,9-15H,24H2,1-2H3. The number of hydrogen-bond acceptors (Lipinski definition) is 3. The molecule has 3 aromatic carbocycles. The van der Waals surface area contributed by atoms with E-state index in [0.717, 1.165) is 16.7 Å². The summed E-state index contributed by atoms with van der Waals surface area (Å²) < 4.78 is 5.36. The van der Waals surface area contributed by atoms with Crippen molar-refractivity contribution in [2.75, 3.05) is 5.73 Å². The van der Waals surface area contributed by atoms with Gasteiger partial charge >= 0.3 is 5.97 Å². The third-order valence-corrected chi connectivity index (χ3v) is 3.95. The van der Waals surface area contributed by atoms with E-state index in [9.17, 15) is 4.79 Å². The SMILES string of the molecule is Cc1ccc(C#Cc2ccc(C(=O)Oc3ccc(N)cc3)cc2C)cc1. The van der Waals surface area contributed by atoms with Crippen LogP contribution in [0.25, 0.3) is 0 Å². The van der Waals surface area contributed by atoms with Crippen LogP contribution in [0.3, 0.4) is 0 Å². The zero-order valence-electron chi connectivity index (χ0n) is 14.7. The minimum Gasteiger partial charge on any atom is -0.423 e. The first kappa shape index (κ1) is 17.3. The van der Waals surface area contributed by atoms with E-state index < -0.39 is 5.97 Å². The first-order chi connectivity index (χ1) is 12.5. The number of rotatable bonds is 2. The van der Waals surface area contributed by atoms with Gasteiger partial charge in [0.2, 0.25) is 0 Å². The predicted molar refractivity (Wildman–Crippen MR) is 104 cm³/mol. The van der Waals surface area contributed by atoms with Crippen molar-refractivity contribution in [3.05, 3.63) is 94.5 Å². The number of aryl methyl sites for hydroxylation is 2. The lowest BCUT2D eigenvalue weighted by Gasteiger charge is -2.06. The summed E-state index contributed by atoms with van der Waals surface area (Å²) >= 11 is 0. The Morgan fingerprint density at radius 3 is 2.23 bits per heavy atom. The number of nitrogens with two attached hydrogens (primary N) is 1. The molecule has 0 atom stereocenters. The lowest BCUT2D eigenvalue weighted by atomic mass is 10.0. The average Bonchev–Trinajstić information content (AvgIpc) is 2.64. The van der Waals surface area contributed by atoms with Crippen LogP contribution in [0.4, 0.5) is 5.69 Å². The Kier molecular flexibility index (Phi) is 5.05. The summed E-state index contributed by atoms with van der Waals surface area (Å²) in [5, 5.41) is 0. The van der Waals surface area contributed by atoms with Gasteiger partial charge in [-0.25, -0.2) is 4.79 Å². The van der Waals surface area contributed by atoms with Crippen molar-refractivity contribution in [1.82, 2.24) is 0 Å². The van der Waals surface area contributed by atoms with Crippen molar-refractivity contribution in [3.8, 4) is 17.6 Å². The van der Waals surface area contributed by atoms with Crippen molar-refractivity contribution in [1.29, 1.82) is 0 Å². The number of nitrogen functional groups attached to an aromatic ring is 1. The molecule has 3 rings (SSSR count). The molecule has 128 valence electrons. The normalized spacial score (nSPS) is 9.92. The van der Waals surface area contributed by atoms with E-state index in [2.05, 4.69) is 11.8 Å². The summed E-state index contributed by atoms with van der Waals surface area (Å²) in [5.74, 6) is 6.36. The number of benzene rings is 3. The highest BCUT2D eigenvalue weighted by Crippen LogP contribution is 2.17. The quantitative estimate of drug-likeness (QED) is 0.323. The second-order valence-corrected chi connectivity index (χ2v) is 6.10. The summed E-state index contributed by atoms with van der Waals surface area (Å²) in [6.45, 7) is 3.97. The Morgan fingerprint density at radius 2 is 1.58 bits per heavy atom. The summed E-state index contributed by atoms with van der Waals surface area (Å²) in [7, 11) is 0. The minimum atomic E-state index is -0.407. The topological polar surface area (TPSA) is 52.3 Å². The molecule has 3 aromatic rings. The molecule has 0 heterocycles. The maximum Gasteiger partial charge on any atom is 0.343 e. The number of hydrogen-bond donors (Lipinski definition) is 1. The monoisotopic (exact) mass is 341 g/mol. The fourth-order valence-corrected chi connectivity index (χ4v) is 2.41. The number of anilines is 1. The van der Waals surface area contributed by atoms with Crippen LogP contribution in [-0.2, 0) is 0 Å². The molecule has 0 fully saturated rings. The van der Waals surface area contributed by atoms with Gasteiger partial charge in [-0.1, -0.05) is 29.5 Å². The molecule has 0 aliphatic rings. The lowest BCUT2D eigenvalue weighted by molar-refractivity contribution is 0.0734. The molecule has 0 aliphatic heterocycles. The Hall–Kier alpha value is -3.51. The summed E-state index contributed by atoms with van der Waals surface area (Å²) in [6.07, 6.45) is 0. The lowest BCUT2D eigenvalue weighted by Crippen LogP contribution is -2.09. The van der Waals surface area contributed by atoms with Crippen LogP contribution in [0.2, 0.25) is 0 Å². The van der Waals surface area contributed by atoms with Crippen LogP contribution < -0.4 is 10.5 Å². The van der Waals surface area contributed by atoms with Crippen LogP contribution in [0.15, 0.2) is 66.7 Å². The van der Waals surface area contributed by atoms with Crippen LogP contribution in [0.1, 0.15) is 32.6 Å². The second-order valence-electron chi connectivity index (χ2n) is 6.10. The Morgan fingerprint density at radius 1 is 0.885 bits per heavy atom. The van der Waals surface area contributed by atoms with E-state index in [4.69, 9.17) is 10.5 Å². The van der Waals surface area contributed by atoms with E-state index in [1.165, 1.54) is 5.56 Å². The first-order valence-corrected chi connectivity index (χ1v) is 8.28. The van der Waals surface area contributed by atoms with E-state index in [0.29, 0.717) is 17.0 Å². The molecule has 0 radical (unpaired) electrons. The molecule has 3 heteroatoms. The molecule has 0 unspecified atom stereocenters. The molecular weight excluding hydrogens is 322 g/mol. The second kappa shape index (κ2) is 7.58. The first-order valence-electron chi connectivity index (χ1n) is 8.28. The Bertz CT molecular complexity index is 991.